The molecule has 136 valence electrons. The highest BCUT2D eigenvalue weighted by molar-refractivity contribution is 6.31. The predicted octanol–water partition coefficient (Wildman–Crippen LogP) is 4.04. The Balaban J connectivity index is 1.77. The first-order valence-corrected chi connectivity index (χ1v) is 8.37. The summed E-state index contributed by atoms with van der Waals surface area (Å²) >= 11 is 5.99. The van der Waals surface area contributed by atoms with E-state index in [1.165, 1.54) is 12.4 Å². The minimum Gasteiger partial charge on any atom is -0.444 e. The van der Waals surface area contributed by atoms with E-state index in [1.54, 1.807) is 45.2 Å². The number of carbonyl (C=O) groups is 1. The van der Waals surface area contributed by atoms with Gasteiger partial charge in [-0.05, 0) is 32.9 Å². The molecule has 7 nitrogen and oxygen atoms in total. The molecule has 3 N–H and O–H groups in total. The predicted molar refractivity (Wildman–Crippen MR) is 99.3 cm³/mol. The zero-order valence-electron chi connectivity index (χ0n) is 14.6. The average molecular weight is 375 g/mol. The van der Waals surface area contributed by atoms with Crippen LogP contribution in [-0.2, 0) is 4.74 Å². The highest BCUT2D eigenvalue weighted by Gasteiger charge is 2.18. The van der Waals surface area contributed by atoms with Gasteiger partial charge in [-0.25, -0.2) is 14.8 Å². The zero-order chi connectivity index (χ0) is 18.9. The number of H-pyrrole nitrogens is 1. The summed E-state index contributed by atoms with van der Waals surface area (Å²) < 4.78 is 5.17. The van der Waals surface area contributed by atoms with Gasteiger partial charge in [-0.15, -0.1) is 0 Å². The highest BCUT2D eigenvalue weighted by atomic mass is 35.5. The van der Waals surface area contributed by atoms with Gasteiger partial charge in [0.25, 0.3) is 0 Å². The average Bonchev–Trinajstić information content (AvgIpc) is 2.96. The zero-order valence-corrected chi connectivity index (χ0v) is 15.3. The Kier molecular flexibility index (Phi) is 4.84. The molecule has 26 heavy (non-hydrogen) atoms. The number of aliphatic hydroxyl groups excluding tert-OH is 1. The molecule has 1 atom stereocenters. The van der Waals surface area contributed by atoms with E-state index in [4.69, 9.17) is 16.3 Å². The lowest BCUT2D eigenvalue weighted by atomic mass is 10.0. The molecule has 0 radical (unpaired) electrons. The number of fused-ring (bicyclic) bond motifs is 1. The van der Waals surface area contributed by atoms with Crippen LogP contribution in [0, 0.1) is 0 Å². The Morgan fingerprint density at radius 3 is 2.73 bits per heavy atom. The fraction of sp³-hybridized carbons (Fsp3) is 0.278. The van der Waals surface area contributed by atoms with Gasteiger partial charge in [0, 0.05) is 35.1 Å². The molecule has 3 aromatic heterocycles. The number of carbonyl (C=O) groups excluding carboxylic acids is 1. The smallest absolute Gasteiger partial charge is 0.413 e. The number of hydrogen-bond donors (Lipinski definition) is 3. The van der Waals surface area contributed by atoms with Crippen LogP contribution in [0.25, 0.3) is 11.0 Å². The first-order valence-electron chi connectivity index (χ1n) is 7.99. The Morgan fingerprint density at radius 1 is 1.31 bits per heavy atom. The Morgan fingerprint density at radius 2 is 2.08 bits per heavy atom. The molecule has 3 heterocycles. The van der Waals surface area contributed by atoms with E-state index in [0.717, 1.165) is 5.39 Å². The fourth-order valence-electron chi connectivity index (χ4n) is 2.45. The Bertz CT molecular complexity index is 932. The van der Waals surface area contributed by atoms with Gasteiger partial charge >= 0.3 is 6.09 Å². The molecule has 0 bridgehead atoms. The third kappa shape index (κ3) is 4.12. The van der Waals surface area contributed by atoms with Gasteiger partial charge < -0.3 is 14.8 Å². The Hall–Kier alpha value is -2.64. The number of nitrogens with one attached hydrogen (secondary N) is 2. The van der Waals surface area contributed by atoms with E-state index >= 15 is 0 Å². The van der Waals surface area contributed by atoms with Crippen molar-refractivity contribution in [2.75, 3.05) is 5.32 Å². The standard InChI is InChI=1S/C18H19ClN4O3/c1-18(2,3)26-17(25)23-14-5-4-10(7-20-14)15(24)13-9-22-16-12(13)6-11(19)8-21-16/h4-9,15,24H,1-3H3,(H,21,22)(H,20,23,25). The van der Waals surface area contributed by atoms with Gasteiger partial charge in [0.2, 0.25) is 0 Å². The van der Waals surface area contributed by atoms with Crippen molar-refractivity contribution in [3.8, 4) is 0 Å². The molecule has 0 aliphatic heterocycles. The lowest BCUT2D eigenvalue weighted by Crippen LogP contribution is -2.27. The SMILES string of the molecule is CC(C)(C)OC(=O)Nc1ccc(C(O)c2c[nH]c3ncc(Cl)cc23)cn1. The number of nitrogens with zero attached hydrogens (tertiary/aromatic N) is 2. The third-order valence-electron chi connectivity index (χ3n) is 3.56. The summed E-state index contributed by atoms with van der Waals surface area (Å²) in [6, 6.07) is 5.02. The molecule has 0 saturated heterocycles. The topological polar surface area (TPSA) is 100 Å². The van der Waals surface area contributed by atoms with Crippen LogP contribution >= 0.6 is 11.6 Å². The summed E-state index contributed by atoms with van der Waals surface area (Å²) in [6.45, 7) is 5.34. The molecule has 3 aromatic rings. The van der Waals surface area contributed by atoms with Gasteiger partial charge in [0.15, 0.2) is 0 Å². The second-order valence-electron chi connectivity index (χ2n) is 6.80. The maximum Gasteiger partial charge on any atom is 0.413 e. The van der Waals surface area contributed by atoms with Crippen molar-refractivity contribution in [2.45, 2.75) is 32.5 Å². The summed E-state index contributed by atoms with van der Waals surface area (Å²) in [6.07, 6.45) is 3.22. The van der Waals surface area contributed by atoms with Gasteiger partial charge in [-0.2, -0.15) is 0 Å². The second-order valence-corrected chi connectivity index (χ2v) is 7.24. The maximum absolute atomic E-state index is 11.8. The van der Waals surface area contributed by atoms with Gasteiger partial charge in [-0.3, -0.25) is 5.32 Å². The molecule has 1 amide bonds. The van der Waals surface area contributed by atoms with Gasteiger partial charge in [0.1, 0.15) is 23.2 Å². The first kappa shape index (κ1) is 18.2. The number of halogens is 1. The van der Waals surface area contributed by atoms with Gasteiger partial charge in [0.05, 0.1) is 5.02 Å². The molecule has 0 saturated carbocycles. The summed E-state index contributed by atoms with van der Waals surface area (Å²) in [4.78, 5) is 23.1. The number of pyridine rings is 2. The molecule has 0 aliphatic carbocycles. The summed E-state index contributed by atoms with van der Waals surface area (Å²) in [5.74, 6) is 0.332. The maximum atomic E-state index is 11.8. The number of rotatable bonds is 3. The lowest BCUT2D eigenvalue weighted by Gasteiger charge is -2.19. The number of aliphatic hydroxyl groups is 1. The van der Waals surface area contributed by atoms with Crippen molar-refractivity contribution in [2.24, 2.45) is 0 Å². The monoisotopic (exact) mass is 374 g/mol. The second kappa shape index (κ2) is 6.93. The number of aromatic nitrogens is 3. The van der Waals surface area contributed by atoms with Crippen LogP contribution in [-0.4, -0.2) is 31.8 Å². The molecule has 8 heteroatoms. The normalized spacial score (nSPS) is 12.8. The van der Waals surface area contributed by atoms with Crippen molar-refractivity contribution in [3.05, 3.63) is 52.9 Å². The lowest BCUT2D eigenvalue weighted by molar-refractivity contribution is 0.0635. The van der Waals surface area contributed by atoms with E-state index in [0.29, 0.717) is 27.6 Å². The molecule has 0 aromatic carbocycles. The van der Waals surface area contributed by atoms with Crippen LogP contribution in [0.15, 0.2) is 36.8 Å². The molecular formula is C18H19ClN4O3. The minimum atomic E-state index is -0.910. The number of amides is 1. The van der Waals surface area contributed by atoms with Crippen molar-refractivity contribution in [1.82, 2.24) is 15.0 Å². The van der Waals surface area contributed by atoms with Crippen LogP contribution in [0.5, 0.6) is 0 Å². The Labute approximate surface area is 155 Å². The third-order valence-corrected chi connectivity index (χ3v) is 3.76. The van der Waals surface area contributed by atoms with E-state index in [-0.39, 0.29) is 0 Å². The fourth-order valence-corrected chi connectivity index (χ4v) is 2.61. The molecular weight excluding hydrogens is 356 g/mol. The van der Waals surface area contributed by atoms with Crippen molar-refractivity contribution < 1.29 is 14.6 Å². The van der Waals surface area contributed by atoms with Crippen LogP contribution in [0.2, 0.25) is 5.02 Å². The summed E-state index contributed by atoms with van der Waals surface area (Å²) in [5, 5.41) is 14.4. The summed E-state index contributed by atoms with van der Waals surface area (Å²) in [7, 11) is 0. The molecule has 0 fully saturated rings. The number of hydrogen-bond acceptors (Lipinski definition) is 5. The van der Waals surface area contributed by atoms with Crippen LogP contribution < -0.4 is 5.32 Å². The minimum absolute atomic E-state index is 0.332. The largest absolute Gasteiger partial charge is 0.444 e. The number of aromatic amines is 1. The number of anilines is 1. The van der Waals surface area contributed by atoms with E-state index in [2.05, 4.69) is 20.3 Å². The first-order chi connectivity index (χ1) is 12.2. The molecule has 0 aliphatic rings. The van der Waals surface area contributed by atoms with E-state index in [9.17, 15) is 9.90 Å². The highest BCUT2D eigenvalue weighted by Crippen LogP contribution is 2.29. The molecule has 1 unspecified atom stereocenters. The van der Waals surface area contributed by atoms with Crippen LogP contribution in [0.3, 0.4) is 0 Å². The van der Waals surface area contributed by atoms with Crippen molar-refractivity contribution in [1.29, 1.82) is 0 Å². The van der Waals surface area contributed by atoms with Crippen LogP contribution in [0.4, 0.5) is 10.6 Å². The van der Waals surface area contributed by atoms with Crippen molar-refractivity contribution in [3.63, 3.8) is 0 Å². The van der Waals surface area contributed by atoms with E-state index < -0.39 is 17.8 Å². The van der Waals surface area contributed by atoms with Gasteiger partial charge in [-0.1, -0.05) is 17.7 Å². The van der Waals surface area contributed by atoms with E-state index in [1.807, 2.05) is 0 Å². The molecule has 0 spiro atoms. The quantitative estimate of drug-likeness (QED) is 0.642. The molecule has 3 rings (SSSR count). The van der Waals surface area contributed by atoms with Crippen molar-refractivity contribution >= 4 is 34.5 Å². The summed E-state index contributed by atoms with van der Waals surface area (Å²) in [5.41, 5.74) is 1.26. The van der Waals surface area contributed by atoms with Crippen LogP contribution in [0.1, 0.15) is 38.0 Å². The number of ether oxygens (including phenoxy) is 1.